The first kappa shape index (κ1) is 8.46. The fourth-order valence-electron chi connectivity index (χ4n) is 1.72. The van der Waals surface area contributed by atoms with Crippen LogP contribution in [-0.4, -0.2) is 5.78 Å². The molecule has 0 saturated carbocycles. The molecule has 0 saturated heterocycles. The summed E-state index contributed by atoms with van der Waals surface area (Å²) in [5.74, 6) is 0.121. The SMILES string of the molecule is N#CCC1CCc2sccc2C1=O. The van der Waals surface area contributed by atoms with Gasteiger partial charge in [-0.15, -0.1) is 11.3 Å². The number of ketones is 1. The molecule has 0 aromatic carbocycles. The molecule has 0 aliphatic heterocycles. The highest BCUT2D eigenvalue weighted by atomic mass is 32.1. The summed E-state index contributed by atoms with van der Waals surface area (Å²) in [5, 5.41) is 10.5. The number of hydrogen-bond acceptors (Lipinski definition) is 3. The van der Waals surface area contributed by atoms with Crippen molar-refractivity contribution in [2.45, 2.75) is 19.3 Å². The number of aryl methyl sites for hydroxylation is 1. The van der Waals surface area contributed by atoms with Gasteiger partial charge in [-0.25, -0.2) is 0 Å². The fourth-order valence-corrected chi connectivity index (χ4v) is 2.61. The first-order chi connectivity index (χ1) is 6.33. The van der Waals surface area contributed by atoms with Gasteiger partial charge in [0.05, 0.1) is 6.07 Å². The lowest BCUT2D eigenvalue weighted by Gasteiger charge is -2.17. The van der Waals surface area contributed by atoms with Gasteiger partial charge >= 0.3 is 0 Å². The Morgan fingerprint density at radius 3 is 3.31 bits per heavy atom. The minimum absolute atomic E-state index is 0.0490. The maximum absolute atomic E-state index is 11.7. The Balaban J connectivity index is 2.28. The zero-order chi connectivity index (χ0) is 9.26. The van der Waals surface area contributed by atoms with E-state index in [1.54, 1.807) is 11.3 Å². The van der Waals surface area contributed by atoms with E-state index in [1.165, 1.54) is 4.88 Å². The smallest absolute Gasteiger partial charge is 0.168 e. The number of Topliss-reactive ketones (excluding diaryl/α,β-unsaturated/α-hetero) is 1. The van der Waals surface area contributed by atoms with Crippen LogP contribution >= 0.6 is 11.3 Å². The zero-order valence-electron chi connectivity index (χ0n) is 7.12. The molecular formula is C10H9NOS. The van der Waals surface area contributed by atoms with Gasteiger partial charge in [0, 0.05) is 22.8 Å². The molecule has 0 bridgehead atoms. The first-order valence-corrected chi connectivity index (χ1v) is 5.18. The molecule has 1 aliphatic rings. The Hall–Kier alpha value is -1.14. The number of thiophene rings is 1. The Morgan fingerprint density at radius 1 is 1.69 bits per heavy atom. The summed E-state index contributed by atoms with van der Waals surface area (Å²) >= 11 is 1.65. The van der Waals surface area contributed by atoms with Gasteiger partial charge in [0.2, 0.25) is 0 Å². The van der Waals surface area contributed by atoms with Gasteiger partial charge in [-0.3, -0.25) is 4.79 Å². The standard InChI is InChI=1S/C10H9NOS/c11-5-3-7-1-2-9-8(10(7)12)4-6-13-9/h4,6-7H,1-3H2. The molecule has 2 rings (SSSR count). The van der Waals surface area contributed by atoms with Crippen LogP contribution in [0.1, 0.15) is 28.1 Å². The Bertz CT molecular complexity index is 375. The summed E-state index contributed by atoms with van der Waals surface area (Å²) in [7, 11) is 0. The second kappa shape index (κ2) is 3.31. The topological polar surface area (TPSA) is 40.9 Å². The van der Waals surface area contributed by atoms with Crippen molar-refractivity contribution in [1.29, 1.82) is 5.26 Å². The van der Waals surface area contributed by atoms with Crippen molar-refractivity contribution in [1.82, 2.24) is 0 Å². The Labute approximate surface area is 80.8 Å². The molecule has 1 atom stereocenters. The average molecular weight is 191 g/mol. The third-order valence-electron chi connectivity index (χ3n) is 2.44. The molecule has 0 fully saturated rings. The van der Waals surface area contributed by atoms with E-state index in [1.807, 2.05) is 11.4 Å². The number of fused-ring (bicyclic) bond motifs is 1. The second-order valence-electron chi connectivity index (χ2n) is 3.22. The van der Waals surface area contributed by atoms with Crippen molar-refractivity contribution in [2.75, 3.05) is 0 Å². The van der Waals surface area contributed by atoms with E-state index in [4.69, 9.17) is 5.26 Å². The van der Waals surface area contributed by atoms with Crippen molar-refractivity contribution in [3.8, 4) is 6.07 Å². The van der Waals surface area contributed by atoms with E-state index < -0.39 is 0 Å². The van der Waals surface area contributed by atoms with Gasteiger partial charge in [-0.1, -0.05) is 0 Å². The molecule has 2 nitrogen and oxygen atoms in total. The van der Waals surface area contributed by atoms with Crippen LogP contribution < -0.4 is 0 Å². The Morgan fingerprint density at radius 2 is 2.54 bits per heavy atom. The zero-order valence-corrected chi connectivity index (χ0v) is 7.93. The Kier molecular flexibility index (Phi) is 2.15. The molecule has 1 aromatic rings. The van der Waals surface area contributed by atoms with Crippen molar-refractivity contribution in [3.63, 3.8) is 0 Å². The van der Waals surface area contributed by atoms with Gasteiger partial charge in [-0.05, 0) is 24.3 Å². The van der Waals surface area contributed by atoms with Crippen molar-refractivity contribution < 1.29 is 4.79 Å². The molecule has 1 unspecified atom stereocenters. The van der Waals surface area contributed by atoms with Crippen LogP contribution in [0.25, 0.3) is 0 Å². The van der Waals surface area contributed by atoms with Crippen LogP contribution in [0.5, 0.6) is 0 Å². The minimum Gasteiger partial charge on any atom is -0.294 e. The normalized spacial score (nSPS) is 20.8. The molecule has 0 N–H and O–H groups in total. The predicted octanol–water partition coefficient (Wildman–Crippen LogP) is 2.41. The third-order valence-corrected chi connectivity index (χ3v) is 3.42. The van der Waals surface area contributed by atoms with Crippen LogP contribution in [-0.2, 0) is 6.42 Å². The van der Waals surface area contributed by atoms with E-state index in [2.05, 4.69) is 6.07 Å². The quantitative estimate of drug-likeness (QED) is 0.684. The number of carbonyl (C=O) groups is 1. The lowest BCUT2D eigenvalue weighted by molar-refractivity contribution is 0.0906. The average Bonchev–Trinajstić information content (AvgIpc) is 2.58. The molecule has 0 spiro atoms. The molecule has 13 heavy (non-hydrogen) atoms. The van der Waals surface area contributed by atoms with Crippen LogP contribution in [0.4, 0.5) is 0 Å². The predicted molar refractivity (Wildman–Crippen MR) is 50.7 cm³/mol. The van der Waals surface area contributed by atoms with Crippen molar-refractivity contribution in [2.24, 2.45) is 5.92 Å². The summed E-state index contributed by atoms with van der Waals surface area (Å²) in [4.78, 5) is 12.9. The molecule has 0 radical (unpaired) electrons. The highest BCUT2D eigenvalue weighted by Crippen LogP contribution is 2.30. The van der Waals surface area contributed by atoms with E-state index in [-0.39, 0.29) is 11.7 Å². The molecule has 0 amide bonds. The van der Waals surface area contributed by atoms with Gasteiger partial charge < -0.3 is 0 Å². The lowest BCUT2D eigenvalue weighted by Crippen LogP contribution is -2.20. The number of rotatable bonds is 1. The molecule has 66 valence electrons. The number of hydrogen-bond donors (Lipinski definition) is 0. The van der Waals surface area contributed by atoms with Crippen LogP contribution in [0.3, 0.4) is 0 Å². The van der Waals surface area contributed by atoms with Gasteiger partial charge in [-0.2, -0.15) is 5.26 Å². The van der Waals surface area contributed by atoms with Gasteiger partial charge in [0.15, 0.2) is 5.78 Å². The lowest BCUT2D eigenvalue weighted by atomic mass is 9.85. The molecule has 1 aromatic heterocycles. The highest BCUT2D eigenvalue weighted by Gasteiger charge is 2.27. The van der Waals surface area contributed by atoms with E-state index in [0.717, 1.165) is 18.4 Å². The van der Waals surface area contributed by atoms with Gasteiger partial charge in [0.1, 0.15) is 0 Å². The van der Waals surface area contributed by atoms with E-state index in [9.17, 15) is 4.79 Å². The number of nitriles is 1. The molecule has 1 heterocycles. The first-order valence-electron chi connectivity index (χ1n) is 4.30. The van der Waals surface area contributed by atoms with Crippen LogP contribution in [0.15, 0.2) is 11.4 Å². The van der Waals surface area contributed by atoms with Crippen molar-refractivity contribution in [3.05, 3.63) is 21.9 Å². The summed E-state index contributed by atoms with van der Waals surface area (Å²) in [6.07, 6.45) is 2.18. The number of nitrogens with zero attached hydrogens (tertiary/aromatic N) is 1. The summed E-state index contributed by atoms with van der Waals surface area (Å²) in [6.45, 7) is 0. The van der Waals surface area contributed by atoms with Gasteiger partial charge in [0.25, 0.3) is 0 Å². The monoisotopic (exact) mass is 191 g/mol. The molecule has 1 aliphatic carbocycles. The third kappa shape index (κ3) is 1.38. The minimum atomic E-state index is -0.0490. The maximum Gasteiger partial charge on any atom is 0.168 e. The highest BCUT2D eigenvalue weighted by molar-refractivity contribution is 7.10. The molecule has 3 heteroatoms. The summed E-state index contributed by atoms with van der Waals surface area (Å²) < 4.78 is 0. The second-order valence-corrected chi connectivity index (χ2v) is 4.22. The maximum atomic E-state index is 11.7. The number of carbonyl (C=O) groups excluding carboxylic acids is 1. The fraction of sp³-hybridized carbons (Fsp3) is 0.400. The largest absolute Gasteiger partial charge is 0.294 e. The van der Waals surface area contributed by atoms with Crippen LogP contribution in [0, 0.1) is 17.2 Å². The van der Waals surface area contributed by atoms with E-state index >= 15 is 0 Å². The summed E-state index contributed by atoms with van der Waals surface area (Å²) in [5.41, 5.74) is 0.858. The molecular weight excluding hydrogens is 182 g/mol. The summed E-state index contributed by atoms with van der Waals surface area (Å²) in [6, 6.07) is 3.95. The van der Waals surface area contributed by atoms with Crippen molar-refractivity contribution >= 4 is 17.1 Å². The van der Waals surface area contributed by atoms with E-state index in [0.29, 0.717) is 6.42 Å². The van der Waals surface area contributed by atoms with Crippen LogP contribution in [0.2, 0.25) is 0 Å².